The second kappa shape index (κ2) is 8.79. The lowest BCUT2D eigenvalue weighted by Crippen LogP contribution is -2.39. The molecule has 0 atom stereocenters. The number of hydrogen-bond donors (Lipinski definition) is 1. The molecule has 138 valence electrons. The maximum absolute atomic E-state index is 11.6. The smallest absolute Gasteiger partial charge is 0.194 e. The van der Waals surface area contributed by atoms with E-state index in [0.29, 0.717) is 13.1 Å². The third-order valence-electron chi connectivity index (χ3n) is 3.85. The molecule has 0 radical (unpaired) electrons. The molecule has 0 saturated heterocycles. The van der Waals surface area contributed by atoms with Crippen molar-refractivity contribution in [2.75, 3.05) is 32.1 Å². The third kappa shape index (κ3) is 6.83. The molecule has 1 fully saturated rings. The number of halogens is 1. The molecule has 1 aromatic rings. The quantitative estimate of drug-likeness (QED) is 0.364. The first-order valence-corrected chi connectivity index (χ1v) is 10.8. The number of rotatable bonds is 7. The molecule has 6 nitrogen and oxygen atoms in total. The Labute approximate surface area is 166 Å². The van der Waals surface area contributed by atoms with Crippen LogP contribution in [0.4, 0.5) is 0 Å². The Morgan fingerprint density at radius 1 is 1.50 bits per heavy atom. The summed E-state index contributed by atoms with van der Waals surface area (Å²) < 4.78 is 23.1. The Hall–Kier alpha value is -0.420. The van der Waals surface area contributed by atoms with E-state index in [4.69, 9.17) is 0 Å². The number of sulfone groups is 1. The first-order valence-electron chi connectivity index (χ1n) is 7.81. The summed E-state index contributed by atoms with van der Waals surface area (Å²) in [6.45, 7) is 6.05. The molecule has 0 aromatic carbocycles. The number of aromatic nitrogens is 1. The van der Waals surface area contributed by atoms with Gasteiger partial charge < -0.3 is 10.2 Å². The Morgan fingerprint density at radius 3 is 2.62 bits per heavy atom. The number of hydrogen-bond acceptors (Lipinski definition) is 5. The van der Waals surface area contributed by atoms with E-state index >= 15 is 0 Å². The summed E-state index contributed by atoms with van der Waals surface area (Å²) in [5.74, 6) is 1.04. The minimum absolute atomic E-state index is 0. The largest absolute Gasteiger partial charge is 0.357 e. The van der Waals surface area contributed by atoms with E-state index in [1.54, 1.807) is 11.3 Å². The molecule has 0 amide bonds. The molecular formula is C15H27IN4O2S2. The number of aryl methyl sites for hydroxylation is 1. The van der Waals surface area contributed by atoms with Gasteiger partial charge in [0.05, 0.1) is 23.0 Å². The molecule has 9 heteroatoms. The van der Waals surface area contributed by atoms with Crippen LogP contribution in [0.5, 0.6) is 0 Å². The standard InChI is InChI=1S/C15H26N4O2S2.HI/c1-5-16-14(19(3)8-13-9-22-12(2)18-13)17-10-15(6-7-15)11-23(4,20)21;/h9H,5-8,10-11H2,1-4H3,(H,16,17);1H. The van der Waals surface area contributed by atoms with Gasteiger partial charge in [-0.1, -0.05) is 0 Å². The van der Waals surface area contributed by atoms with Gasteiger partial charge in [0, 0.05) is 37.2 Å². The van der Waals surface area contributed by atoms with Crippen molar-refractivity contribution in [2.45, 2.75) is 33.2 Å². The number of aliphatic imine (C=N–C) groups is 1. The fraction of sp³-hybridized carbons (Fsp3) is 0.733. The number of nitrogens with one attached hydrogen (secondary N) is 1. The average Bonchev–Trinajstić information content (AvgIpc) is 3.06. The van der Waals surface area contributed by atoms with Crippen LogP contribution < -0.4 is 5.32 Å². The Morgan fingerprint density at radius 2 is 2.17 bits per heavy atom. The van der Waals surface area contributed by atoms with Crippen LogP contribution in [-0.2, 0) is 16.4 Å². The molecule has 0 aliphatic heterocycles. The first kappa shape index (κ1) is 21.6. The van der Waals surface area contributed by atoms with Crippen LogP contribution in [0, 0.1) is 12.3 Å². The molecule has 24 heavy (non-hydrogen) atoms. The highest BCUT2D eigenvalue weighted by molar-refractivity contribution is 14.0. The predicted octanol–water partition coefficient (Wildman–Crippen LogP) is 2.29. The highest BCUT2D eigenvalue weighted by Crippen LogP contribution is 2.46. The van der Waals surface area contributed by atoms with Crippen LogP contribution in [0.25, 0.3) is 0 Å². The Kier molecular flexibility index (Phi) is 7.92. The van der Waals surface area contributed by atoms with Crippen LogP contribution in [0.1, 0.15) is 30.5 Å². The van der Waals surface area contributed by atoms with Gasteiger partial charge in [0.25, 0.3) is 0 Å². The minimum atomic E-state index is -2.96. The van der Waals surface area contributed by atoms with E-state index in [9.17, 15) is 8.42 Å². The zero-order valence-electron chi connectivity index (χ0n) is 14.7. The van der Waals surface area contributed by atoms with Crippen LogP contribution in [0.2, 0.25) is 0 Å². The van der Waals surface area contributed by atoms with E-state index in [-0.39, 0.29) is 35.1 Å². The van der Waals surface area contributed by atoms with Crippen LogP contribution in [0.3, 0.4) is 0 Å². The molecule has 1 saturated carbocycles. The van der Waals surface area contributed by atoms with Gasteiger partial charge in [-0.15, -0.1) is 35.3 Å². The number of guanidine groups is 1. The van der Waals surface area contributed by atoms with Gasteiger partial charge in [-0.25, -0.2) is 13.4 Å². The van der Waals surface area contributed by atoms with Crippen molar-refractivity contribution in [1.29, 1.82) is 0 Å². The second-order valence-corrected chi connectivity index (χ2v) is 9.66. The SMILES string of the molecule is CCNC(=NCC1(CS(C)(=O)=O)CC1)N(C)Cc1csc(C)n1.I. The maximum atomic E-state index is 11.6. The van der Waals surface area contributed by atoms with E-state index < -0.39 is 9.84 Å². The van der Waals surface area contributed by atoms with Crippen LogP contribution in [-0.4, -0.2) is 56.4 Å². The van der Waals surface area contributed by atoms with Gasteiger partial charge in [-0.2, -0.15) is 0 Å². The summed E-state index contributed by atoms with van der Waals surface area (Å²) in [7, 11) is -0.979. The van der Waals surface area contributed by atoms with Crippen molar-refractivity contribution < 1.29 is 8.42 Å². The topological polar surface area (TPSA) is 74.7 Å². The fourth-order valence-corrected chi connectivity index (χ4v) is 4.69. The molecule has 1 heterocycles. The monoisotopic (exact) mass is 486 g/mol. The van der Waals surface area contributed by atoms with Gasteiger partial charge in [-0.05, 0) is 26.7 Å². The van der Waals surface area contributed by atoms with Gasteiger partial charge in [0.1, 0.15) is 9.84 Å². The second-order valence-electron chi connectivity index (χ2n) is 6.45. The highest BCUT2D eigenvalue weighted by Gasteiger charge is 2.45. The van der Waals surface area contributed by atoms with E-state index in [1.165, 1.54) is 6.26 Å². The molecule has 1 N–H and O–H groups in total. The fourth-order valence-electron chi connectivity index (χ4n) is 2.59. The molecule has 0 unspecified atom stereocenters. The zero-order valence-corrected chi connectivity index (χ0v) is 18.7. The molecule has 1 aromatic heterocycles. The van der Waals surface area contributed by atoms with Crippen molar-refractivity contribution in [3.8, 4) is 0 Å². The van der Waals surface area contributed by atoms with E-state index in [0.717, 1.165) is 36.0 Å². The maximum Gasteiger partial charge on any atom is 0.194 e. The van der Waals surface area contributed by atoms with Gasteiger partial charge >= 0.3 is 0 Å². The summed E-state index contributed by atoms with van der Waals surface area (Å²) in [5, 5.41) is 6.39. The van der Waals surface area contributed by atoms with Crippen molar-refractivity contribution in [1.82, 2.24) is 15.2 Å². The molecule has 1 aliphatic rings. The third-order valence-corrected chi connectivity index (χ3v) is 5.81. The first-order chi connectivity index (χ1) is 10.7. The number of nitrogens with zero attached hydrogens (tertiary/aromatic N) is 3. The lowest BCUT2D eigenvalue weighted by molar-refractivity contribution is 0.464. The zero-order chi connectivity index (χ0) is 17.1. The molecule has 0 bridgehead atoms. The van der Waals surface area contributed by atoms with Gasteiger partial charge in [-0.3, -0.25) is 4.99 Å². The normalized spacial score (nSPS) is 16.4. The lowest BCUT2D eigenvalue weighted by Gasteiger charge is -2.22. The van der Waals surface area contributed by atoms with E-state index in [1.807, 2.05) is 25.8 Å². The van der Waals surface area contributed by atoms with Gasteiger partial charge in [0.15, 0.2) is 5.96 Å². The van der Waals surface area contributed by atoms with Gasteiger partial charge in [0.2, 0.25) is 0 Å². The summed E-state index contributed by atoms with van der Waals surface area (Å²) >= 11 is 1.64. The Balaban J connectivity index is 0.00000288. The summed E-state index contributed by atoms with van der Waals surface area (Å²) in [6, 6.07) is 0. The van der Waals surface area contributed by atoms with Crippen molar-refractivity contribution in [3.05, 3.63) is 16.1 Å². The van der Waals surface area contributed by atoms with Crippen LogP contribution in [0.15, 0.2) is 10.4 Å². The van der Waals surface area contributed by atoms with Crippen molar-refractivity contribution in [3.63, 3.8) is 0 Å². The van der Waals surface area contributed by atoms with Crippen LogP contribution >= 0.6 is 35.3 Å². The van der Waals surface area contributed by atoms with Crippen molar-refractivity contribution >= 4 is 51.1 Å². The summed E-state index contributed by atoms with van der Waals surface area (Å²) in [4.78, 5) is 11.2. The highest BCUT2D eigenvalue weighted by atomic mass is 127. The molecule has 2 rings (SSSR count). The predicted molar refractivity (Wildman–Crippen MR) is 111 cm³/mol. The van der Waals surface area contributed by atoms with Crippen molar-refractivity contribution in [2.24, 2.45) is 10.4 Å². The number of thiazole rings is 1. The molecular weight excluding hydrogens is 459 g/mol. The average molecular weight is 486 g/mol. The summed E-state index contributed by atoms with van der Waals surface area (Å²) in [6.07, 6.45) is 3.19. The lowest BCUT2D eigenvalue weighted by atomic mass is 10.1. The molecule has 0 spiro atoms. The Bertz CT molecular complexity index is 669. The summed E-state index contributed by atoms with van der Waals surface area (Å²) in [5.41, 5.74) is 0.879. The van der Waals surface area contributed by atoms with E-state index in [2.05, 4.69) is 20.7 Å². The molecule has 1 aliphatic carbocycles. The minimum Gasteiger partial charge on any atom is -0.357 e.